The molecule has 0 unspecified atom stereocenters. The van der Waals surface area contributed by atoms with Crippen LogP contribution in [0.1, 0.15) is 10.4 Å². The highest BCUT2D eigenvalue weighted by Crippen LogP contribution is 2.05. The molecule has 1 aromatic heterocycles. The Morgan fingerprint density at radius 2 is 2.24 bits per heavy atom. The van der Waals surface area contributed by atoms with E-state index in [1.165, 1.54) is 12.1 Å². The summed E-state index contributed by atoms with van der Waals surface area (Å²) in [4.78, 5) is 15.5. The van der Waals surface area contributed by atoms with Crippen molar-refractivity contribution in [1.82, 2.24) is 14.9 Å². The molecule has 17 heavy (non-hydrogen) atoms. The first-order valence-electron chi connectivity index (χ1n) is 5.26. The standard InChI is InChI=1S/C12H12FN3O/c13-11-4-2-1-3-10(11)12(17)15-6-8-16-7-5-14-9-16/h1-5,7,9H,6,8H2,(H,15,17). The van der Waals surface area contributed by atoms with Gasteiger partial charge in [-0.15, -0.1) is 0 Å². The lowest BCUT2D eigenvalue weighted by atomic mass is 10.2. The monoisotopic (exact) mass is 233 g/mol. The van der Waals surface area contributed by atoms with Crippen LogP contribution in [-0.2, 0) is 6.54 Å². The second-order valence-electron chi connectivity index (χ2n) is 3.54. The minimum absolute atomic E-state index is 0.0677. The van der Waals surface area contributed by atoms with E-state index in [4.69, 9.17) is 0 Å². The van der Waals surface area contributed by atoms with Crippen LogP contribution >= 0.6 is 0 Å². The fourth-order valence-electron chi connectivity index (χ4n) is 1.46. The maximum absolute atomic E-state index is 13.3. The van der Waals surface area contributed by atoms with E-state index in [9.17, 15) is 9.18 Å². The van der Waals surface area contributed by atoms with Gasteiger partial charge in [0.05, 0.1) is 11.9 Å². The molecule has 0 radical (unpaired) electrons. The average molecular weight is 233 g/mol. The van der Waals surface area contributed by atoms with E-state index < -0.39 is 11.7 Å². The summed E-state index contributed by atoms with van der Waals surface area (Å²) >= 11 is 0. The zero-order chi connectivity index (χ0) is 12.1. The molecule has 2 rings (SSSR count). The second-order valence-corrected chi connectivity index (χ2v) is 3.54. The number of aromatic nitrogens is 2. The van der Waals surface area contributed by atoms with Gasteiger partial charge in [-0.25, -0.2) is 9.37 Å². The van der Waals surface area contributed by atoms with Crippen molar-refractivity contribution in [3.63, 3.8) is 0 Å². The lowest BCUT2D eigenvalue weighted by Crippen LogP contribution is -2.27. The van der Waals surface area contributed by atoms with Crippen molar-refractivity contribution < 1.29 is 9.18 Å². The quantitative estimate of drug-likeness (QED) is 0.868. The van der Waals surface area contributed by atoms with Crippen LogP contribution < -0.4 is 5.32 Å². The number of benzene rings is 1. The highest BCUT2D eigenvalue weighted by Gasteiger charge is 2.09. The van der Waals surface area contributed by atoms with E-state index in [0.717, 1.165) is 0 Å². The van der Waals surface area contributed by atoms with E-state index in [2.05, 4.69) is 10.3 Å². The zero-order valence-corrected chi connectivity index (χ0v) is 9.14. The van der Waals surface area contributed by atoms with E-state index in [1.54, 1.807) is 30.9 Å². The fourth-order valence-corrected chi connectivity index (χ4v) is 1.46. The molecule has 0 aliphatic carbocycles. The zero-order valence-electron chi connectivity index (χ0n) is 9.14. The summed E-state index contributed by atoms with van der Waals surface area (Å²) in [6, 6.07) is 5.91. The van der Waals surface area contributed by atoms with Gasteiger partial charge in [-0.2, -0.15) is 0 Å². The van der Waals surface area contributed by atoms with E-state index in [-0.39, 0.29) is 5.56 Å². The molecular formula is C12H12FN3O. The Bertz CT molecular complexity index is 496. The van der Waals surface area contributed by atoms with Crippen LogP contribution in [-0.4, -0.2) is 22.0 Å². The molecule has 0 saturated heterocycles. The summed E-state index contributed by atoms with van der Waals surface area (Å²) in [5.74, 6) is -0.907. The van der Waals surface area contributed by atoms with Crippen LogP contribution in [0.3, 0.4) is 0 Å². The number of hydrogen-bond donors (Lipinski definition) is 1. The molecule has 0 aliphatic heterocycles. The maximum Gasteiger partial charge on any atom is 0.254 e. The molecule has 2 aromatic rings. The Morgan fingerprint density at radius 3 is 2.94 bits per heavy atom. The highest BCUT2D eigenvalue weighted by molar-refractivity contribution is 5.94. The number of imidazole rings is 1. The summed E-state index contributed by atoms with van der Waals surface area (Å²) in [6.07, 6.45) is 5.13. The van der Waals surface area contributed by atoms with Crippen LogP contribution in [0.15, 0.2) is 43.0 Å². The average Bonchev–Trinajstić information content (AvgIpc) is 2.82. The molecular weight excluding hydrogens is 221 g/mol. The highest BCUT2D eigenvalue weighted by atomic mass is 19.1. The van der Waals surface area contributed by atoms with Crippen LogP contribution in [0.5, 0.6) is 0 Å². The fraction of sp³-hybridized carbons (Fsp3) is 0.167. The van der Waals surface area contributed by atoms with Gasteiger partial charge in [-0.1, -0.05) is 12.1 Å². The van der Waals surface area contributed by atoms with Gasteiger partial charge in [0.25, 0.3) is 5.91 Å². The maximum atomic E-state index is 13.3. The number of hydrogen-bond acceptors (Lipinski definition) is 2. The largest absolute Gasteiger partial charge is 0.350 e. The summed E-state index contributed by atoms with van der Waals surface area (Å²) in [7, 11) is 0. The van der Waals surface area contributed by atoms with Gasteiger partial charge in [-0.05, 0) is 12.1 Å². The number of nitrogens with one attached hydrogen (secondary N) is 1. The first kappa shape index (κ1) is 11.3. The van der Waals surface area contributed by atoms with Gasteiger partial charge in [0.15, 0.2) is 0 Å². The normalized spacial score (nSPS) is 10.2. The SMILES string of the molecule is O=C(NCCn1ccnc1)c1ccccc1F. The van der Waals surface area contributed by atoms with Gasteiger partial charge in [0.1, 0.15) is 5.82 Å². The molecule has 1 heterocycles. The van der Waals surface area contributed by atoms with Gasteiger partial charge < -0.3 is 9.88 Å². The Labute approximate surface area is 98.1 Å². The molecule has 5 heteroatoms. The van der Waals surface area contributed by atoms with Crippen molar-refractivity contribution in [2.75, 3.05) is 6.54 Å². The van der Waals surface area contributed by atoms with Gasteiger partial charge in [0, 0.05) is 25.5 Å². The Hall–Kier alpha value is -2.17. The summed E-state index contributed by atoms with van der Waals surface area (Å²) in [6.45, 7) is 1.05. The predicted molar refractivity (Wildman–Crippen MR) is 61.0 cm³/mol. The van der Waals surface area contributed by atoms with Crippen LogP contribution in [0.2, 0.25) is 0 Å². The number of amides is 1. The third-order valence-corrected chi connectivity index (χ3v) is 2.33. The van der Waals surface area contributed by atoms with Crippen molar-refractivity contribution in [2.24, 2.45) is 0 Å². The van der Waals surface area contributed by atoms with Crippen molar-refractivity contribution in [1.29, 1.82) is 0 Å². The topological polar surface area (TPSA) is 46.9 Å². The van der Waals surface area contributed by atoms with Crippen molar-refractivity contribution in [2.45, 2.75) is 6.54 Å². The third-order valence-electron chi connectivity index (χ3n) is 2.33. The Morgan fingerprint density at radius 1 is 1.41 bits per heavy atom. The molecule has 88 valence electrons. The van der Waals surface area contributed by atoms with Gasteiger partial charge in [-0.3, -0.25) is 4.79 Å². The minimum atomic E-state index is -0.507. The number of carbonyl (C=O) groups is 1. The van der Waals surface area contributed by atoms with E-state index >= 15 is 0 Å². The Kier molecular flexibility index (Phi) is 3.49. The number of rotatable bonds is 4. The molecule has 0 spiro atoms. The Balaban J connectivity index is 1.88. The van der Waals surface area contributed by atoms with Gasteiger partial charge in [0.2, 0.25) is 0 Å². The van der Waals surface area contributed by atoms with Crippen molar-refractivity contribution in [3.05, 3.63) is 54.4 Å². The predicted octanol–water partition coefficient (Wildman–Crippen LogP) is 1.45. The van der Waals surface area contributed by atoms with Crippen molar-refractivity contribution >= 4 is 5.91 Å². The summed E-state index contributed by atoms with van der Waals surface area (Å²) < 4.78 is 15.1. The molecule has 1 amide bonds. The molecule has 0 aliphatic rings. The lowest BCUT2D eigenvalue weighted by molar-refractivity contribution is 0.0948. The smallest absolute Gasteiger partial charge is 0.254 e. The number of carbonyl (C=O) groups excluding carboxylic acids is 1. The van der Waals surface area contributed by atoms with E-state index in [0.29, 0.717) is 13.1 Å². The lowest BCUT2D eigenvalue weighted by Gasteiger charge is -2.06. The summed E-state index contributed by atoms with van der Waals surface area (Å²) in [5, 5.41) is 2.65. The number of nitrogens with zero attached hydrogens (tertiary/aromatic N) is 2. The molecule has 4 nitrogen and oxygen atoms in total. The molecule has 0 fully saturated rings. The molecule has 0 bridgehead atoms. The molecule has 0 atom stereocenters. The molecule has 0 saturated carbocycles. The van der Waals surface area contributed by atoms with Crippen LogP contribution in [0.25, 0.3) is 0 Å². The van der Waals surface area contributed by atoms with E-state index in [1.807, 2.05) is 4.57 Å². The summed E-state index contributed by atoms with van der Waals surface area (Å²) in [5.41, 5.74) is 0.0677. The van der Waals surface area contributed by atoms with Crippen LogP contribution in [0, 0.1) is 5.82 Å². The third kappa shape index (κ3) is 2.90. The van der Waals surface area contributed by atoms with Crippen LogP contribution in [0.4, 0.5) is 4.39 Å². The molecule has 1 N–H and O–H groups in total. The minimum Gasteiger partial charge on any atom is -0.350 e. The van der Waals surface area contributed by atoms with Crippen molar-refractivity contribution in [3.8, 4) is 0 Å². The second kappa shape index (κ2) is 5.25. The molecule has 1 aromatic carbocycles. The first-order valence-corrected chi connectivity index (χ1v) is 5.26. The number of halogens is 1. The first-order chi connectivity index (χ1) is 8.27. The van der Waals surface area contributed by atoms with Gasteiger partial charge >= 0.3 is 0 Å².